The quantitative estimate of drug-likeness (QED) is 0.245. The van der Waals surface area contributed by atoms with Gasteiger partial charge >= 0.3 is 0 Å². The van der Waals surface area contributed by atoms with E-state index in [1.54, 1.807) is 0 Å². The molecule has 0 rings (SSSR count). The molecule has 2 heteroatoms. The van der Waals surface area contributed by atoms with Gasteiger partial charge in [-0.2, -0.15) is 0 Å². The summed E-state index contributed by atoms with van der Waals surface area (Å²) >= 11 is 2.31. The molecule has 0 spiro atoms. The molecule has 0 heterocycles. The molecular formula is C13H28IN. The number of rotatable bonds is 11. The molecule has 0 bridgehead atoms. The van der Waals surface area contributed by atoms with Gasteiger partial charge < -0.3 is 5.73 Å². The van der Waals surface area contributed by atoms with Crippen molar-refractivity contribution in [2.75, 3.05) is 0 Å². The molecule has 0 saturated carbocycles. The summed E-state index contributed by atoms with van der Waals surface area (Å²) in [7, 11) is 0. The first-order chi connectivity index (χ1) is 7.27. The van der Waals surface area contributed by atoms with Crippen LogP contribution in [0, 0.1) is 0 Å². The Kier molecular flexibility index (Phi) is 13.3. The lowest BCUT2D eigenvalue weighted by Gasteiger charge is -2.03. The van der Waals surface area contributed by atoms with Crippen molar-refractivity contribution in [3.05, 3.63) is 0 Å². The summed E-state index contributed by atoms with van der Waals surface area (Å²) < 4.78 is 0.372. The van der Waals surface area contributed by atoms with Gasteiger partial charge in [-0.05, 0) is 6.42 Å². The van der Waals surface area contributed by atoms with E-state index < -0.39 is 0 Å². The molecule has 2 N–H and O–H groups in total. The highest BCUT2D eigenvalue weighted by atomic mass is 127. The van der Waals surface area contributed by atoms with Crippen LogP contribution in [0.5, 0.6) is 0 Å². The van der Waals surface area contributed by atoms with Gasteiger partial charge in [0.2, 0.25) is 0 Å². The summed E-state index contributed by atoms with van der Waals surface area (Å²) in [4.78, 5) is 0. The van der Waals surface area contributed by atoms with Crippen LogP contribution in [0.15, 0.2) is 0 Å². The van der Waals surface area contributed by atoms with E-state index in [4.69, 9.17) is 5.73 Å². The standard InChI is InChI=1S/C13H28IN/c1-2-3-4-5-6-7-8-9-10-11-12-13(14)15/h13H,2-12,15H2,1H3. The van der Waals surface area contributed by atoms with Crippen molar-refractivity contribution in [2.45, 2.75) is 81.6 Å². The van der Waals surface area contributed by atoms with Gasteiger partial charge in [0.15, 0.2) is 0 Å². The second kappa shape index (κ2) is 12.8. The second-order valence-electron chi connectivity index (χ2n) is 4.49. The summed E-state index contributed by atoms with van der Waals surface area (Å²) in [5, 5.41) is 0. The molecule has 0 aromatic heterocycles. The lowest BCUT2D eigenvalue weighted by Crippen LogP contribution is -2.09. The summed E-state index contributed by atoms with van der Waals surface area (Å²) in [6.07, 6.45) is 15.3. The summed E-state index contributed by atoms with van der Waals surface area (Å²) in [6, 6.07) is 0. The molecule has 1 nitrogen and oxygen atoms in total. The topological polar surface area (TPSA) is 26.0 Å². The van der Waals surface area contributed by atoms with E-state index in [1.165, 1.54) is 70.6 Å². The predicted octanol–water partition coefficient (Wildman–Crippen LogP) is 5.02. The lowest BCUT2D eigenvalue weighted by atomic mass is 10.1. The molecule has 1 atom stereocenters. The van der Waals surface area contributed by atoms with Crippen molar-refractivity contribution in [3.63, 3.8) is 0 Å². The Morgan fingerprint density at radius 2 is 1.20 bits per heavy atom. The number of unbranched alkanes of at least 4 members (excludes halogenated alkanes) is 9. The average Bonchev–Trinajstić information content (AvgIpc) is 2.20. The third kappa shape index (κ3) is 14.7. The smallest absolute Gasteiger partial charge is 0.0568 e. The van der Waals surface area contributed by atoms with Crippen LogP contribution in [-0.2, 0) is 0 Å². The highest BCUT2D eigenvalue weighted by Crippen LogP contribution is 2.12. The molecule has 0 radical (unpaired) electrons. The maximum atomic E-state index is 5.69. The van der Waals surface area contributed by atoms with Gasteiger partial charge in [-0.3, -0.25) is 0 Å². The van der Waals surface area contributed by atoms with E-state index in [1.807, 2.05) is 0 Å². The summed E-state index contributed by atoms with van der Waals surface area (Å²) in [6.45, 7) is 2.28. The Bertz CT molecular complexity index is 115. The van der Waals surface area contributed by atoms with Crippen molar-refractivity contribution < 1.29 is 0 Å². The number of nitrogens with two attached hydrogens (primary N) is 1. The maximum Gasteiger partial charge on any atom is 0.0568 e. The predicted molar refractivity (Wildman–Crippen MR) is 78.5 cm³/mol. The zero-order valence-electron chi connectivity index (χ0n) is 10.3. The minimum absolute atomic E-state index is 0.372. The van der Waals surface area contributed by atoms with Crippen molar-refractivity contribution in [2.24, 2.45) is 5.73 Å². The van der Waals surface area contributed by atoms with Crippen molar-refractivity contribution in [3.8, 4) is 0 Å². The first-order valence-corrected chi connectivity index (χ1v) is 7.91. The van der Waals surface area contributed by atoms with Crippen LogP contribution in [0.4, 0.5) is 0 Å². The van der Waals surface area contributed by atoms with Gasteiger partial charge in [-0.25, -0.2) is 0 Å². The van der Waals surface area contributed by atoms with Crippen LogP contribution in [-0.4, -0.2) is 4.05 Å². The maximum absolute atomic E-state index is 5.69. The van der Waals surface area contributed by atoms with Crippen molar-refractivity contribution >= 4 is 22.6 Å². The molecule has 0 aromatic rings. The largest absolute Gasteiger partial charge is 0.320 e. The molecule has 0 aliphatic heterocycles. The van der Waals surface area contributed by atoms with Crippen LogP contribution in [0.1, 0.15) is 77.6 Å². The number of hydrogen-bond acceptors (Lipinski definition) is 1. The molecule has 92 valence electrons. The Hall–Kier alpha value is 0.690. The SMILES string of the molecule is CCCCCCCCCCCCC(N)I. The van der Waals surface area contributed by atoms with E-state index in [2.05, 4.69) is 29.5 Å². The van der Waals surface area contributed by atoms with Gasteiger partial charge in [-0.15, -0.1) is 0 Å². The van der Waals surface area contributed by atoms with E-state index >= 15 is 0 Å². The number of alkyl halides is 1. The molecule has 0 saturated heterocycles. The van der Waals surface area contributed by atoms with E-state index in [9.17, 15) is 0 Å². The van der Waals surface area contributed by atoms with Gasteiger partial charge in [0, 0.05) is 0 Å². The molecule has 0 aliphatic carbocycles. The minimum Gasteiger partial charge on any atom is -0.320 e. The van der Waals surface area contributed by atoms with Crippen LogP contribution in [0.3, 0.4) is 0 Å². The van der Waals surface area contributed by atoms with Crippen LogP contribution >= 0.6 is 22.6 Å². The van der Waals surface area contributed by atoms with Gasteiger partial charge in [0.1, 0.15) is 0 Å². The summed E-state index contributed by atoms with van der Waals surface area (Å²) in [5.41, 5.74) is 5.69. The second-order valence-corrected chi connectivity index (χ2v) is 6.09. The van der Waals surface area contributed by atoms with Crippen molar-refractivity contribution in [1.82, 2.24) is 0 Å². The third-order valence-corrected chi connectivity index (χ3v) is 3.46. The average molecular weight is 325 g/mol. The third-order valence-electron chi connectivity index (χ3n) is 2.83. The Morgan fingerprint density at radius 1 is 0.800 bits per heavy atom. The van der Waals surface area contributed by atoms with Crippen LogP contribution in [0.25, 0.3) is 0 Å². The Labute approximate surface area is 110 Å². The van der Waals surface area contributed by atoms with E-state index in [0.717, 1.165) is 0 Å². The van der Waals surface area contributed by atoms with Crippen molar-refractivity contribution in [1.29, 1.82) is 0 Å². The highest BCUT2D eigenvalue weighted by Gasteiger charge is 1.95. The van der Waals surface area contributed by atoms with E-state index in [-0.39, 0.29) is 0 Å². The highest BCUT2D eigenvalue weighted by molar-refractivity contribution is 14.1. The van der Waals surface area contributed by atoms with Gasteiger partial charge in [-0.1, -0.05) is 93.7 Å². The van der Waals surface area contributed by atoms with Gasteiger partial charge in [0.25, 0.3) is 0 Å². The molecule has 0 aromatic carbocycles. The lowest BCUT2D eigenvalue weighted by molar-refractivity contribution is 0.549. The number of hydrogen-bond donors (Lipinski definition) is 1. The first kappa shape index (κ1) is 15.7. The number of halogens is 1. The minimum atomic E-state index is 0.372. The van der Waals surface area contributed by atoms with Gasteiger partial charge in [0.05, 0.1) is 4.05 Å². The normalized spacial score (nSPS) is 13.0. The fraction of sp³-hybridized carbons (Fsp3) is 1.00. The Balaban J connectivity index is 2.87. The molecular weight excluding hydrogens is 297 g/mol. The Morgan fingerprint density at radius 3 is 1.60 bits per heavy atom. The molecule has 15 heavy (non-hydrogen) atoms. The molecule has 0 fully saturated rings. The summed E-state index contributed by atoms with van der Waals surface area (Å²) in [5.74, 6) is 0. The molecule has 1 unspecified atom stereocenters. The zero-order valence-corrected chi connectivity index (χ0v) is 12.5. The molecule has 0 aliphatic rings. The van der Waals surface area contributed by atoms with Crippen LogP contribution in [0.2, 0.25) is 0 Å². The molecule has 0 amide bonds. The first-order valence-electron chi connectivity index (χ1n) is 6.67. The van der Waals surface area contributed by atoms with Crippen LogP contribution < -0.4 is 5.73 Å². The fourth-order valence-corrected chi connectivity index (χ4v) is 2.27. The monoisotopic (exact) mass is 325 g/mol. The fourth-order valence-electron chi connectivity index (χ4n) is 1.83. The van der Waals surface area contributed by atoms with E-state index in [0.29, 0.717) is 4.05 Å². The zero-order chi connectivity index (χ0) is 11.4.